The van der Waals surface area contributed by atoms with Crippen molar-refractivity contribution in [1.29, 1.82) is 5.26 Å². The molecule has 1 fully saturated rings. The lowest BCUT2D eigenvalue weighted by molar-refractivity contribution is -0.143. The third-order valence-electron chi connectivity index (χ3n) is 3.72. The second kappa shape index (κ2) is 6.40. The Bertz CT molecular complexity index is 524. The number of likely N-dealkylation sites (tertiary alicyclic amines) is 1. The van der Waals surface area contributed by atoms with Gasteiger partial charge in [-0.15, -0.1) is 0 Å². The smallest absolute Gasteiger partial charge is 0.307 e. The molecule has 2 rings (SSSR count). The first-order valence-electron chi connectivity index (χ1n) is 6.66. The van der Waals surface area contributed by atoms with E-state index in [9.17, 15) is 10.1 Å². The summed E-state index contributed by atoms with van der Waals surface area (Å²) in [6.07, 6.45) is 1.47. The number of piperidine rings is 1. The number of aliphatic carboxylic acids is 1. The number of ether oxygens (including phenoxy) is 1. The molecule has 0 aliphatic carbocycles. The molecule has 1 aliphatic heterocycles. The summed E-state index contributed by atoms with van der Waals surface area (Å²) >= 11 is 0. The van der Waals surface area contributed by atoms with Crippen LogP contribution in [0.15, 0.2) is 24.3 Å². The molecule has 5 heteroatoms. The monoisotopic (exact) mass is 274 g/mol. The molecule has 1 aromatic carbocycles. The fourth-order valence-corrected chi connectivity index (χ4v) is 2.68. The molecular formula is C15H18N2O3. The summed E-state index contributed by atoms with van der Waals surface area (Å²) in [5.74, 6) is -0.516. The summed E-state index contributed by atoms with van der Waals surface area (Å²) in [4.78, 5) is 13.1. The van der Waals surface area contributed by atoms with Crippen LogP contribution in [0.4, 0.5) is 0 Å². The number of hydrogen-bond acceptors (Lipinski definition) is 4. The summed E-state index contributed by atoms with van der Waals surface area (Å²) < 4.78 is 5.30. The van der Waals surface area contributed by atoms with Crippen LogP contribution in [0, 0.1) is 17.2 Å². The van der Waals surface area contributed by atoms with Crippen molar-refractivity contribution in [3.8, 4) is 11.8 Å². The maximum atomic E-state index is 11.1. The van der Waals surface area contributed by atoms with Gasteiger partial charge in [0, 0.05) is 12.1 Å². The lowest BCUT2D eigenvalue weighted by Crippen LogP contribution is -2.40. The van der Waals surface area contributed by atoms with Crippen molar-refractivity contribution in [1.82, 2.24) is 4.90 Å². The van der Waals surface area contributed by atoms with E-state index in [1.807, 2.05) is 29.2 Å². The lowest BCUT2D eigenvalue weighted by atomic mass is 9.95. The van der Waals surface area contributed by atoms with Crippen molar-refractivity contribution < 1.29 is 14.6 Å². The van der Waals surface area contributed by atoms with Crippen molar-refractivity contribution >= 4 is 5.97 Å². The number of hydrogen-bond donors (Lipinski definition) is 1. The van der Waals surface area contributed by atoms with Crippen LogP contribution in [-0.2, 0) is 4.79 Å². The summed E-state index contributed by atoms with van der Waals surface area (Å²) in [5.41, 5.74) is 0.795. The SMILES string of the molecule is COc1ccccc1C(C#N)N1CCCC(C(=O)O)C1. The fourth-order valence-electron chi connectivity index (χ4n) is 2.68. The number of carboxylic acids is 1. The molecule has 5 nitrogen and oxygen atoms in total. The van der Waals surface area contributed by atoms with Crippen LogP contribution in [-0.4, -0.2) is 36.2 Å². The molecule has 20 heavy (non-hydrogen) atoms. The Kier molecular flexibility index (Phi) is 4.59. The van der Waals surface area contributed by atoms with Crippen LogP contribution in [0.1, 0.15) is 24.4 Å². The number of rotatable bonds is 4. The average molecular weight is 274 g/mol. The standard InChI is InChI=1S/C15H18N2O3/c1-20-14-7-3-2-6-12(14)13(9-16)17-8-4-5-11(10-17)15(18)19/h2-3,6-7,11,13H,4-5,8,10H2,1H3,(H,18,19). The van der Waals surface area contributed by atoms with Gasteiger partial charge in [-0.1, -0.05) is 18.2 Å². The first-order chi connectivity index (χ1) is 9.67. The number of carboxylic acid groups (broad SMARTS) is 1. The van der Waals surface area contributed by atoms with Gasteiger partial charge in [-0.2, -0.15) is 5.26 Å². The molecule has 0 saturated carbocycles. The lowest BCUT2D eigenvalue weighted by Gasteiger charge is -2.34. The first-order valence-corrected chi connectivity index (χ1v) is 6.66. The van der Waals surface area contributed by atoms with E-state index in [1.54, 1.807) is 7.11 Å². The highest BCUT2D eigenvalue weighted by Crippen LogP contribution is 2.31. The van der Waals surface area contributed by atoms with Gasteiger partial charge in [0.1, 0.15) is 11.8 Å². The third kappa shape index (κ3) is 2.91. The number of methoxy groups -OCH3 is 1. The number of carbonyl (C=O) groups is 1. The van der Waals surface area contributed by atoms with Crippen LogP contribution >= 0.6 is 0 Å². The minimum atomic E-state index is -0.786. The van der Waals surface area contributed by atoms with E-state index in [1.165, 1.54) is 0 Å². The number of nitriles is 1. The van der Waals surface area contributed by atoms with E-state index in [4.69, 9.17) is 9.84 Å². The molecule has 1 N–H and O–H groups in total. The zero-order valence-corrected chi connectivity index (χ0v) is 11.5. The molecule has 1 saturated heterocycles. The van der Waals surface area contributed by atoms with Gasteiger partial charge < -0.3 is 9.84 Å². The number of benzene rings is 1. The minimum Gasteiger partial charge on any atom is -0.496 e. The van der Waals surface area contributed by atoms with Gasteiger partial charge in [0.2, 0.25) is 0 Å². The predicted molar refractivity (Wildman–Crippen MR) is 73.3 cm³/mol. The van der Waals surface area contributed by atoms with E-state index >= 15 is 0 Å². The zero-order chi connectivity index (χ0) is 14.5. The highest BCUT2D eigenvalue weighted by molar-refractivity contribution is 5.70. The molecule has 2 unspecified atom stereocenters. The Morgan fingerprint density at radius 3 is 2.95 bits per heavy atom. The quantitative estimate of drug-likeness (QED) is 0.909. The van der Waals surface area contributed by atoms with Crippen molar-refractivity contribution in [2.45, 2.75) is 18.9 Å². The van der Waals surface area contributed by atoms with E-state index in [0.29, 0.717) is 18.7 Å². The van der Waals surface area contributed by atoms with Crippen molar-refractivity contribution in [3.05, 3.63) is 29.8 Å². The molecular weight excluding hydrogens is 256 g/mol. The third-order valence-corrected chi connectivity index (χ3v) is 3.72. The molecule has 2 atom stereocenters. The molecule has 0 spiro atoms. The molecule has 0 amide bonds. The molecule has 1 aromatic rings. The van der Waals surface area contributed by atoms with Crippen LogP contribution in [0.2, 0.25) is 0 Å². The normalized spacial score (nSPS) is 20.9. The highest BCUT2D eigenvalue weighted by atomic mass is 16.5. The van der Waals surface area contributed by atoms with E-state index in [0.717, 1.165) is 18.5 Å². The highest BCUT2D eigenvalue weighted by Gasteiger charge is 2.31. The van der Waals surface area contributed by atoms with E-state index in [2.05, 4.69) is 6.07 Å². The van der Waals surface area contributed by atoms with E-state index in [-0.39, 0.29) is 0 Å². The minimum absolute atomic E-state index is 0.394. The van der Waals surface area contributed by atoms with Gasteiger partial charge in [0.05, 0.1) is 19.1 Å². The Labute approximate surface area is 118 Å². The molecule has 0 bridgehead atoms. The summed E-state index contributed by atoms with van der Waals surface area (Å²) in [6.45, 7) is 1.14. The summed E-state index contributed by atoms with van der Waals surface area (Å²) in [7, 11) is 1.57. The first kappa shape index (κ1) is 14.4. The largest absolute Gasteiger partial charge is 0.496 e. The molecule has 1 heterocycles. The van der Waals surface area contributed by atoms with Crippen LogP contribution in [0.3, 0.4) is 0 Å². The van der Waals surface area contributed by atoms with Gasteiger partial charge in [-0.05, 0) is 25.5 Å². The Balaban J connectivity index is 2.24. The second-order valence-corrected chi connectivity index (χ2v) is 4.95. The Morgan fingerprint density at radius 2 is 2.30 bits per heavy atom. The summed E-state index contributed by atoms with van der Waals surface area (Å²) in [5, 5.41) is 18.6. The van der Waals surface area contributed by atoms with Crippen molar-refractivity contribution in [2.75, 3.05) is 20.2 Å². The van der Waals surface area contributed by atoms with Crippen LogP contribution < -0.4 is 4.74 Å². The average Bonchev–Trinajstić information content (AvgIpc) is 2.49. The maximum Gasteiger partial charge on any atom is 0.307 e. The van der Waals surface area contributed by atoms with Gasteiger partial charge >= 0.3 is 5.97 Å². The zero-order valence-electron chi connectivity index (χ0n) is 11.5. The van der Waals surface area contributed by atoms with Crippen molar-refractivity contribution in [2.24, 2.45) is 5.92 Å². The number of nitrogens with zero attached hydrogens (tertiary/aromatic N) is 2. The van der Waals surface area contributed by atoms with Gasteiger partial charge in [0.25, 0.3) is 0 Å². The number of para-hydroxylation sites is 1. The molecule has 0 aromatic heterocycles. The Hall–Kier alpha value is -2.06. The summed E-state index contributed by atoms with van der Waals surface area (Å²) in [6, 6.07) is 9.20. The topological polar surface area (TPSA) is 73.6 Å². The second-order valence-electron chi connectivity index (χ2n) is 4.95. The molecule has 0 radical (unpaired) electrons. The predicted octanol–water partition coefficient (Wildman–Crippen LogP) is 2.06. The Morgan fingerprint density at radius 1 is 1.55 bits per heavy atom. The fraction of sp³-hybridized carbons (Fsp3) is 0.467. The van der Waals surface area contributed by atoms with Gasteiger partial charge in [-0.25, -0.2) is 0 Å². The van der Waals surface area contributed by atoms with E-state index < -0.39 is 17.9 Å². The van der Waals surface area contributed by atoms with Crippen LogP contribution in [0.5, 0.6) is 5.75 Å². The molecule has 106 valence electrons. The van der Waals surface area contributed by atoms with Crippen molar-refractivity contribution in [3.63, 3.8) is 0 Å². The van der Waals surface area contributed by atoms with Gasteiger partial charge in [-0.3, -0.25) is 9.69 Å². The maximum absolute atomic E-state index is 11.1. The van der Waals surface area contributed by atoms with Crippen LogP contribution in [0.25, 0.3) is 0 Å². The van der Waals surface area contributed by atoms with Gasteiger partial charge in [0.15, 0.2) is 0 Å². The molecule has 1 aliphatic rings.